The summed E-state index contributed by atoms with van der Waals surface area (Å²) in [6, 6.07) is 9.53. The minimum absolute atomic E-state index is 0.220. The largest absolute Gasteiger partial charge is 0.321 e. The Morgan fingerprint density at radius 2 is 1.85 bits per heavy atom. The number of hydrogen-bond donors (Lipinski definition) is 1. The number of carbonyl (C=O) groups excluding carboxylic acids is 1. The first-order valence-electron chi connectivity index (χ1n) is 8.26. The van der Waals surface area contributed by atoms with Crippen LogP contribution in [0.25, 0.3) is 11.1 Å². The van der Waals surface area contributed by atoms with Crippen molar-refractivity contribution in [1.29, 1.82) is 0 Å². The summed E-state index contributed by atoms with van der Waals surface area (Å²) in [6.07, 6.45) is -1.64. The molecule has 0 spiro atoms. The SMILES string of the molecule is Cc1ccc(-c2cc(F)ccc2NC(=O)c2cn(C)nc2C(F)F)cc1C. The van der Waals surface area contributed by atoms with Gasteiger partial charge in [0, 0.05) is 24.5 Å². The molecule has 0 aliphatic carbocycles. The number of carbonyl (C=O) groups is 1. The Balaban J connectivity index is 2.01. The third kappa shape index (κ3) is 3.86. The second kappa shape index (κ2) is 7.26. The highest BCUT2D eigenvalue weighted by Crippen LogP contribution is 2.31. The van der Waals surface area contributed by atoms with Crippen molar-refractivity contribution in [2.24, 2.45) is 7.05 Å². The highest BCUT2D eigenvalue weighted by Gasteiger charge is 2.23. The van der Waals surface area contributed by atoms with Gasteiger partial charge in [-0.25, -0.2) is 13.2 Å². The first-order chi connectivity index (χ1) is 12.8. The number of halogens is 3. The number of hydrogen-bond acceptors (Lipinski definition) is 2. The van der Waals surface area contributed by atoms with Crippen molar-refractivity contribution < 1.29 is 18.0 Å². The normalized spacial score (nSPS) is 11.1. The number of alkyl halides is 2. The van der Waals surface area contributed by atoms with Crippen LogP contribution >= 0.6 is 0 Å². The molecule has 0 saturated heterocycles. The number of benzene rings is 2. The minimum Gasteiger partial charge on any atom is -0.321 e. The zero-order chi connectivity index (χ0) is 19.7. The van der Waals surface area contributed by atoms with Gasteiger partial charge in [-0.2, -0.15) is 5.10 Å². The molecule has 27 heavy (non-hydrogen) atoms. The second-order valence-corrected chi connectivity index (χ2v) is 6.35. The van der Waals surface area contributed by atoms with Crippen LogP contribution in [0.5, 0.6) is 0 Å². The molecule has 140 valence electrons. The highest BCUT2D eigenvalue weighted by molar-refractivity contribution is 6.07. The van der Waals surface area contributed by atoms with Gasteiger partial charge in [0.05, 0.1) is 5.56 Å². The molecule has 0 aliphatic heterocycles. The summed E-state index contributed by atoms with van der Waals surface area (Å²) >= 11 is 0. The zero-order valence-corrected chi connectivity index (χ0v) is 15.1. The van der Waals surface area contributed by atoms with Gasteiger partial charge in [0.25, 0.3) is 12.3 Å². The Hall–Kier alpha value is -3.09. The maximum Gasteiger partial charge on any atom is 0.282 e. The van der Waals surface area contributed by atoms with Crippen molar-refractivity contribution in [3.05, 3.63) is 70.8 Å². The average Bonchev–Trinajstić information content (AvgIpc) is 3.01. The molecule has 0 atom stereocenters. The highest BCUT2D eigenvalue weighted by atomic mass is 19.3. The molecule has 4 nitrogen and oxygen atoms in total. The maximum atomic E-state index is 13.8. The lowest BCUT2D eigenvalue weighted by atomic mass is 9.99. The van der Waals surface area contributed by atoms with E-state index in [0.717, 1.165) is 15.8 Å². The van der Waals surface area contributed by atoms with E-state index in [1.165, 1.54) is 31.4 Å². The fraction of sp³-hybridized carbons (Fsp3) is 0.200. The quantitative estimate of drug-likeness (QED) is 0.697. The molecule has 1 N–H and O–H groups in total. The van der Waals surface area contributed by atoms with Gasteiger partial charge in [0.15, 0.2) is 0 Å². The number of anilines is 1. The second-order valence-electron chi connectivity index (χ2n) is 6.35. The van der Waals surface area contributed by atoms with E-state index in [0.29, 0.717) is 16.8 Å². The topological polar surface area (TPSA) is 46.9 Å². The predicted octanol–water partition coefficient (Wildman–Crippen LogP) is 5.03. The van der Waals surface area contributed by atoms with Gasteiger partial charge in [0.2, 0.25) is 0 Å². The van der Waals surface area contributed by atoms with E-state index in [9.17, 15) is 18.0 Å². The van der Waals surface area contributed by atoms with Crippen molar-refractivity contribution in [1.82, 2.24) is 9.78 Å². The van der Waals surface area contributed by atoms with E-state index in [1.54, 1.807) is 0 Å². The Morgan fingerprint density at radius 1 is 1.11 bits per heavy atom. The standard InChI is InChI=1S/C20H18F3N3O/c1-11-4-5-13(8-12(11)2)15-9-14(21)6-7-17(15)24-20(27)16-10-26(3)25-18(16)19(22)23/h4-10,19H,1-3H3,(H,24,27). The van der Waals surface area contributed by atoms with Crippen molar-refractivity contribution in [3.8, 4) is 11.1 Å². The summed E-state index contributed by atoms with van der Waals surface area (Å²) in [5.41, 5.74) is 2.79. The molecule has 3 aromatic rings. The van der Waals surface area contributed by atoms with E-state index >= 15 is 0 Å². The van der Waals surface area contributed by atoms with Crippen molar-refractivity contribution in [2.75, 3.05) is 5.32 Å². The molecule has 1 heterocycles. The molecular formula is C20H18F3N3O. The molecule has 7 heteroatoms. The van der Waals surface area contributed by atoms with Crippen LogP contribution in [0.1, 0.15) is 33.6 Å². The van der Waals surface area contributed by atoms with Crippen molar-refractivity contribution in [3.63, 3.8) is 0 Å². The third-order valence-corrected chi connectivity index (χ3v) is 4.36. The lowest BCUT2D eigenvalue weighted by Crippen LogP contribution is -2.14. The number of aromatic nitrogens is 2. The minimum atomic E-state index is -2.88. The Bertz CT molecular complexity index is 1010. The van der Waals surface area contributed by atoms with Crippen LogP contribution in [0.2, 0.25) is 0 Å². The van der Waals surface area contributed by atoms with E-state index < -0.39 is 23.8 Å². The van der Waals surface area contributed by atoms with Gasteiger partial charge in [0.1, 0.15) is 11.5 Å². The molecule has 0 radical (unpaired) electrons. The first kappa shape index (κ1) is 18.7. The van der Waals surface area contributed by atoms with Gasteiger partial charge in [-0.3, -0.25) is 9.48 Å². The third-order valence-electron chi connectivity index (χ3n) is 4.36. The molecule has 3 rings (SSSR count). The fourth-order valence-electron chi connectivity index (χ4n) is 2.80. The molecule has 2 aromatic carbocycles. The molecule has 0 unspecified atom stereocenters. The van der Waals surface area contributed by atoms with Crippen LogP contribution in [0, 0.1) is 19.7 Å². The van der Waals surface area contributed by atoms with Crippen LogP contribution in [-0.2, 0) is 7.05 Å². The Morgan fingerprint density at radius 3 is 2.52 bits per heavy atom. The summed E-state index contributed by atoms with van der Waals surface area (Å²) < 4.78 is 41.2. The molecule has 0 fully saturated rings. The summed E-state index contributed by atoms with van der Waals surface area (Å²) in [6.45, 7) is 3.89. The first-order valence-corrected chi connectivity index (χ1v) is 8.26. The van der Waals surface area contributed by atoms with Crippen LogP contribution in [0.3, 0.4) is 0 Å². The van der Waals surface area contributed by atoms with E-state index in [-0.39, 0.29) is 5.56 Å². The lowest BCUT2D eigenvalue weighted by Gasteiger charge is -2.13. The number of aryl methyl sites for hydroxylation is 3. The van der Waals surface area contributed by atoms with E-state index in [2.05, 4.69) is 10.4 Å². The van der Waals surface area contributed by atoms with Gasteiger partial charge in [-0.1, -0.05) is 18.2 Å². The van der Waals surface area contributed by atoms with Crippen molar-refractivity contribution in [2.45, 2.75) is 20.3 Å². The van der Waals surface area contributed by atoms with Crippen molar-refractivity contribution >= 4 is 11.6 Å². The van der Waals surface area contributed by atoms with Crippen LogP contribution in [0.15, 0.2) is 42.6 Å². The number of amides is 1. The predicted molar refractivity (Wildman–Crippen MR) is 97.4 cm³/mol. The summed E-state index contributed by atoms with van der Waals surface area (Å²) in [7, 11) is 1.46. The molecule has 0 saturated carbocycles. The fourth-order valence-corrected chi connectivity index (χ4v) is 2.80. The Labute approximate surface area is 154 Å². The molecular weight excluding hydrogens is 355 g/mol. The molecule has 1 amide bonds. The number of nitrogens with zero attached hydrogens (tertiary/aromatic N) is 2. The molecule has 0 bridgehead atoms. The van der Waals surface area contributed by atoms with Gasteiger partial charge < -0.3 is 5.32 Å². The summed E-state index contributed by atoms with van der Waals surface area (Å²) in [5, 5.41) is 6.24. The molecule has 0 aliphatic rings. The Kier molecular flexibility index (Phi) is 5.03. The zero-order valence-electron chi connectivity index (χ0n) is 15.1. The van der Waals surface area contributed by atoms with Crippen LogP contribution < -0.4 is 5.32 Å². The number of nitrogens with one attached hydrogen (secondary N) is 1. The van der Waals surface area contributed by atoms with Crippen LogP contribution in [-0.4, -0.2) is 15.7 Å². The van der Waals surface area contributed by atoms with E-state index in [1.807, 2.05) is 32.0 Å². The smallest absolute Gasteiger partial charge is 0.282 e. The van der Waals surface area contributed by atoms with Gasteiger partial charge >= 0.3 is 0 Å². The molecule has 1 aromatic heterocycles. The van der Waals surface area contributed by atoms with Crippen LogP contribution in [0.4, 0.5) is 18.9 Å². The van der Waals surface area contributed by atoms with Gasteiger partial charge in [-0.05, 0) is 48.7 Å². The van der Waals surface area contributed by atoms with E-state index in [4.69, 9.17) is 0 Å². The lowest BCUT2D eigenvalue weighted by molar-refractivity contribution is 0.101. The number of rotatable bonds is 4. The maximum absolute atomic E-state index is 13.8. The summed E-state index contributed by atoms with van der Waals surface area (Å²) in [5.74, 6) is -1.19. The summed E-state index contributed by atoms with van der Waals surface area (Å²) in [4.78, 5) is 12.6. The average molecular weight is 373 g/mol. The van der Waals surface area contributed by atoms with Gasteiger partial charge in [-0.15, -0.1) is 0 Å². The monoisotopic (exact) mass is 373 g/mol.